The Labute approximate surface area is 168 Å². The van der Waals surface area contributed by atoms with Crippen LogP contribution in [0.1, 0.15) is 29.2 Å². The van der Waals surface area contributed by atoms with E-state index in [2.05, 4.69) is 21.7 Å². The molecule has 2 atom stereocenters. The largest absolute Gasteiger partial charge is 0.438 e. The zero-order chi connectivity index (χ0) is 19.8. The van der Waals surface area contributed by atoms with Crippen molar-refractivity contribution in [1.29, 1.82) is 5.26 Å². The van der Waals surface area contributed by atoms with Crippen LogP contribution in [0.3, 0.4) is 0 Å². The van der Waals surface area contributed by atoms with E-state index in [1.54, 1.807) is 18.3 Å². The number of benzene rings is 2. The van der Waals surface area contributed by atoms with Gasteiger partial charge in [-0.2, -0.15) is 5.26 Å². The molecule has 0 aliphatic carbocycles. The van der Waals surface area contributed by atoms with Gasteiger partial charge in [0.05, 0.1) is 11.5 Å². The summed E-state index contributed by atoms with van der Waals surface area (Å²) in [5, 5.41) is 15.7. The average Bonchev–Trinajstić information content (AvgIpc) is 3.32. The minimum atomic E-state index is -0.603. The number of ether oxygens (including phenoxy) is 1. The van der Waals surface area contributed by atoms with Crippen molar-refractivity contribution in [3.8, 4) is 17.7 Å². The van der Waals surface area contributed by atoms with E-state index in [4.69, 9.17) is 4.74 Å². The number of rotatable bonds is 3. The van der Waals surface area contributed by atoms with Gasteiger partial charge in [0.15, 0.2) is 0 Å². The molecule has 0 bridgehead atoms. The van der Waals surface area contributed by atoms with Crippen LogP contribution in [0.2, 0.25) is 0 Å². The molecule has 6 heteroatoms. The van der Waals surface area contributed by atoms with Crippen LogP contribution < -0.4 is 15.4 Å². The number of fused-ring (bicyclic) bond motifs is 2. The molecule has 29 heavy (non-hydrogen) atoms. The molecule has 142 valence electrons. The zero-order valence-electron chi connectivity index (χ0n) is 15.6. The Kier molecular flexibility index (Phi) is 4.04. The van der Waals surface area contributed by atoms with Gasteiger partial charge in [-0.05, 0) is 54.4 Å². The monoisotopic (exact) mass is 382 g/mol. The van der Waals surface area contributed by atoms with Crippen LogP contribution in [-0.4, -0.2) is 17.4 Å². The lowest BCUT2D eigenvalue weighted by Crippen LogP contribution is -2.39. The maximum Gasteiger partial charge on any atom is 0.237 e. The van der Waals surface area contributed by atoms with Crippen LogP contribution in [0.4, 0.5) is 5.69 Å². The van der Waals surface area contributed by atoms with Crippen LogP contribution in [0, 0.1) is 11.3 Å². The molecule has 2 aliphatic rings. The summed E-state index contributed by atoms with van der Waals surface area (Å²) in [4.78, 5) is 17.1. The molecule has 0 saturated carbocycles. The number of carbonyl (C=O) groups excluding carboxylic acids is 1. The molecule has 1 fully saturated rings. The lowest BCUT2D eigenvalue weighted by atomic mass is 9.73. The second-order valence-electron chi connectivity index (χ2n) is 7.25. The van der Waals surface area contributed by atoms with E-state index < -0.39 is 5.41 Å². The van der Waals surface area contributed by atoms with E-state index in [1.165, 1.54) is 0 Å². The van der Waals surface area contributed by atoms with Gasteiger partial charge in [-0.25, -0.2) is 4.98 Å². The van der Waals surface area contributed by atoms with Gasteiger partial charge < -0.3 is 15.4 Å². The standard InChI is InChI=1S/C23H18N4O2/c24-14-16-4-3-12-26-21(16)29-17-9-7-15(8-10-17)20-23(11-13-25-20)18-5-1-2-6-19(18)27-22(23)28/h1-10,12,20,25H,11,13H2,(H,27,28)/t20-,23-/m1/s1. The SMILES string of the molecule is N#Cc1cccnc1Oc1ccc([C@H]2NCC[C@]23C(=O)Nc2ccccc23)cc1. The molecule has 3 aromatic rings. The third-order valence-corrected chi connectivity index (χ3v) is 5.74. The van der Waals surface area contributed by atoms with Gasteiger partial charge in [-0.15, -0.1) is 0 Å². The summed E-state index contributed by atoms with van der Waals surface area (Å²) in [6.45, 7) is 0.768. The normalized spacial score (nSPS) is 22.2. The van der Waals surface area contributed by atoms with Gasteiger partial charge in [0.2, 0.25) is 11.8 Å². The Balaban J connectivity index is 1.46. The first-order chi connectivity index (χ1) is 14.2. The van der Waals surface area contributed by atoms with Crippen molar-refractivity contribution in [2.45, 2.75) is 17.9 Å². The highest BCUT2D eigenvalue weighted by Gasteiger charge is 2.55. The van der Waals surface area contributed by atoms with Gasteiger partial charge in [0.25, 0.3) is 0 Å². The molecular formula is C23H18N4O2. The number of para-hydroxylation sites is 1. The summed E-state index contributed by atoms with van der Waals surface area (Å²) in [6, 6.07) is 20.8. The Hall–Kier alpha value is -3.69. The number of nitriles is 1. The first kappa shape index (κ1) is 17.4. The number of amides is 1. The summed E-state index contributed by atoms with van der Waals surface area (Å²) < 4.78 is 5.78. The Morgan fingerprint density at radius 2 is 1.93 bits per heavy atom. The maximum atomic E-state index is 13.0. The minimum absolute atomic E-state index is 0.0428. The molecule has 6 nitrogen and oxygen atoms in total. The molecule has 2 aromatic carbocycles. The summed E-state index contributed by atoms with van der Waals surface area (Å²) >= 11 is 0. The summed E-state index contributed by atoms with van der Waals surface area (Å²) in [5.74, 6) is 0.913. The van der Waals surface area contributed by atoms with E-state index >= 15 is 0 Å². The highest BCUT2D eigenvalue weighted by Crippen LogP contribution is 2.51. The van der Waals surface area contributed by atoms with Crippen molar-refractivity contribution < 1.29 is 9.53 Å². The molecule has 1 spiro atoms. The molecule has 0 radical (unpaired) electrons. The topological polar surface area (TPSA) is 87.0 Å². The fourth-order valence-electron chi connectivity index (χ4n) is 4.40. The Morgan fingerprint density at radius 1 is 1.10 bits per heavy atom. The average molecular weight is 382 g/mol. The minimum Gasteiger partial charge on any atom is -0.438 e. The molecule has 3 heterocycles. The highest BCUT2D eigenvalue weighted by molar-refractivity contribution is 6.07. The van der Waals surface area contributed by atoms with E-state index in [-0.39, 0.29) is 17.8 Å². The third kappa shape index (κ3) is 2.67. The van der Waals surface area contributed by atoms with Crippen molar-refractivity contribution in [2.75, 3.05) is 11.9 Å². The van der Waals surface area contributed by atoms with Crippen LogP contribution in [-0.2, 0) is 10.2 Å². The number of hydrogen-bond acceptors (Lipinski definition) is 5. The molecule has 2 aliphatic heterocycles. The first-order valence-corrected chi connectivity index (χ1v) is 9.49. The molecule has 1 aromatic heterocycles. The van der Waals surface area contributed by atoms with Gasteiger partial charge in [-0.3, -0.25) is 4.79 Å². The molecule has 1 amide bonds. The molecule has 0 unspecified atom stereocenters. The number of nitrogens with zero attached hydrogens (tertiary/aromatic N) is 2. The van der Waals surface area contributed by atoms with Crippen molar-refractivity contribution >= 4 is 11.6 Å². The number of aromatic nitrogens is 1. The summed E-state index contributed by atoms with van der Waals surface area (Å²) in [5.41, 5.74) is 2.74. The van der Waals surface area contributed by atoms with Crippen molar-refractivity contribution in [3.05, 3.63) is 83.6 Å². The Morgan fingerprint density at radius 3 is 2.76 bits per heavy atom. The molecular weight excluding hydrogens is 364 g/mol. The quantitative estimate of drug-likeness (QED) is 0.722. The second kappa shape index (κ2) is 6.73. The van der Waals surface area contributed by atoms with Crippen LogP contribution in [0.15, 0.2) is 66.9 Å². The number of nitrogens with one attached hydrogen (secondary N) is 2. The van der Waals surface area contributed by atoms with Crippen LogP contribution in [0.25, 0.3) is 0 Å². The van der Waals surface area contributed by atoms with Crippen molar-refractivity contribution in [2.24, 2.45) is 0 Å². The number of hydrogen-bond donors (Lipinski definition) is 2. The summed E-state index contributed by atoms with van der Waals surface area (Å²) in [6.07, 6.45) is 2.34. The second-order valence-corrected chi connectivity index (χ2v) is 7.25. The first-order valence-electron chi connectivity index (χ1n) is 9.49. The van der Waals surface area contributed by atoms with Gasteiger partial charge >= 0.3 is 0 Å². The number of anilines is 1. The lowest BCUT2D eigenvalue weighted by molar-refractivity contribution is -0.121. The van der Waals surface area contributed by atoms with Crippen LogP contribution in [0.5, 0.6) is 11.6 Å². The van der Waals surface area contributed by atoms with Crippen LogP contribution >= 0.6 is 0 Å². The fraction of sp³-hybridized carbons (Fsp3) is 0.174. The van der Waals surface area contributed by atoms with E-state index in [9.17, 15) is 10.1 Å². The zero-order valence-corrected chi connectivity index (χ0v) is 15.6. The van der Waals surface area contributed by atoms with E-state index in [1.807, 2.05) is 48.5 Å². The van der Waals surface area contributed by atoms with Gasteiger partial charge in [0.1, 0.15) is 17.4 Å². The van der Waals surface area contributed by atoms with E-state index in [0.29, 0.717) is 11.3 Å². The van der Waals surface area contributed by atoms with Crippen molar-refractivity contribution in [1.82, 2.24) is 10.3 Å². The maximum absolute atomic E-state index is 13.0. The molecule has 5 rings (SSSR count). The smallest absolute Gasteiger partial charge is 0.237 e. The highest BCUT2D eigenvalue weighted by atomic mass is 16.5. The molecule has 1 saturated heterocycles. The molecule has 2 N–H and O–H groups in total. The van der Waals surface area contributed by atoms with Gasteiger partial charge in [-0.1, -0.05) is 30.3 Å². The number of pyridine rings is 1. The Bertz CT molecular complexity index is 1140. The third-order valence-electron chi connectivity index (χ3n) is 5.74. The van der Waals surface area contributed by atoms with E-state index in [0.717, 1.165) is 29.8 Å². The van der Waals surface area contributed by atoms with Crippen molar-refractivity contribution in [3.63, 3.8) is 0 Å². The predicted octanol–water partition coefficient (Wildman–Crippen LogP) is 3.67. The lowest BCUT2D eigenvalue weighted by Gasteiger charge is -2.29. The number of carbonyl (C=O) groups is 1. The fourth-order valence-corrected chi connectivity index (χ4v) is 4.40. The summed E-state index contributed by atoms with van der Waals surface area (Å²) in [7, 11) is 0. The van der Waals surface area contributed by atoms with Gasteiger partial charge in [0, 0.05) is 11.9 Å². The predicted molar refractivity (Wildman–Crippen MR) is 108 cm³/mol.